The largest absolute Gasteiger partial charge is 0.324 e. The lowest BCUT2D eigenvalue weighted by Crippen LogP contribution is -2.28. The number of hydrogen-bond acceptors (Lipinski definition) is 4. The van der Waals surface area contributed by atoms with E-state index in [1.807, 2.05) is 0 Å². The van der Waals surface area contributed by atoms with E-state index in [0.717, 1.165) is 5.56 Å². The lowest BCUT2D eigenvalue weighted by Gasteiger charge is -2.19. The Morgan fingerprint density at radius 3 is 2.55 bits per heavy atom. The summed E-state index contributed by atoms with van der Waals surface area (Å²) in [7, 11) is -3.86. The number of anilines is 2. The standard InChI is InChI=1S/C19H17Br2FN2O4S/c1-11(25)24-6-4-12-8-14(21)10-17(19(12)24)29(27,28)7-5-18(26)23-16-3-2-13(20)9-15(16)22/h2-3,8-10H,4-7H2,1H3,(H,23,26). The highest BCUT2D eigenvalue weighted by Gasteiger charge is 2.31. The molecule has 0 atom stereocenters. The SMILES string of the molecule is CC(=O)N1CCc2cc(Br)cc(S(=O)(=O)CCC(=O)Nc3ccc(Br)cc3F)c21. The summed E-state index contributed by atoms with van der Waals surface area (Å²) >= 11 is 6.44. The Labute approximate surface area is 184 Å². The van der Waals surface area contributed by atoms with E-state index in [1.165, 1.54) is 30.0 Å². The smallest absolute Gasteiger partial charge is 0.225 e. The average Bonchev–Trinajstić information content (AvgIpc) is 3.05. The molecular formula is C19H17Br2FN2O4S. The van der Waals surface area contributed by atoms with Crippen molar-refractivity contribution in [1.29, 1.82) is 0 Å². The highest BCUT2D eigenvalue weighted by molar-refractivity contribution is 9.10. The first-order chi connectivity index (χ1) is 13.6. The number of rotatable bonds is 5. The molecule has 1 N–H and O–H groups in total. The van der Waals surface area contributed by atoms with Gasteiger partial charge in [0, 0.05) is 28.8 Å². The number of sulfone groups is 1. The van der Waals surface area contributed by atoms with Crippen LogP contribution in [0.5, 0.6) is 0 Å². The van der Waals surface area contributed by atoms with Crippen molar-refractivity contribution in [3.8, 4) is 0 Å². The molecule has 0 fully saturated rings. The zero-order valence-electron chi connectivity index (χ0n) is 15.3. The van der Waals surface area contributed by atoms with Crippen LogP contribution < -0.4 is 10.2 Å². The molecule has 2 aromatic rings. The summed E-state index contributed by atoms with van der Waals surface area (Å²) in [6.07, 6.45) is 0.208. The molecule has 0 spiro atoms. The third-order valence-corrected chi connectivity index (χ3v) is 7.19. The van der Waals surface area contributed by atoms with Crippen LogP contribution >= 0.6 is 31.9 Å². The molecule has 0 saturated heterocycles. The predicted octanol–water partition coefficient (Wildman–Crippen LogP) is 4.06. The third-order valence-electron chi connectivity index (χ3n) is 4.51. The number of nitrogens with zero attached hydrogens (tertiary/aromatic N) is 1. The molecule has 29 heavy (non-hydrogen) atoms. The fourth-order valence-corrected chi connectivity index (χ4v) is 5.67. The van der Waals surface area contributed by atoms with Gasteiger partial charge in [0.1, 0.15) is 5.82 Å². The van der Waals surface area contributed by atoms with Gasteiger partial charge in [-0.25, -0.2) is 12.8 Å². The van der Waals surface area contributed by atoms with Gasteiger partial charge >= 0.3 is 0 Å². The van der Waals surface area contributed by atoms with E-state index in [0.29, 0.717) is 27.6 Å². The highest BCUT2D eigenvalue weighted by atomic mass is 79.9. The van der Waals surface area contributed by atoms with Crippen molar-refractivity contribution in [3.63, 3.8) is 0 Å². The lowest BCUT2D eigenvalue weighted by atomic mass is 10.2. The van der Waals surface area contributed by atoms with Gasteiger partial charge in [-0.15, -0.1) is 0 Å². The minimum absolute atomic E-state index is 0.0113. The number of carbonyl (C=O) groups excluding carboxylic acids is 2. The molecule has 2 amide bonds. The molecule has 0 unspecified atom stereocenters. The van der Waals surface area contributed by atoms with Gasteiger partial charge in [0.05, 0.1) is 22.0 Å². The highest BCUT2D eigenvalue weighted by Crippen LogP contribution is 2.38. The third kappa shape index (κ3) is 4.87. The lowest BCUT2D eigenvalue weighted by molar-refractivity contribution is -0.117. The molecule has 0 radical (unpaired) electrons. The average molecular weight is 548 g/mol. The minimum atomic E-state index is -3.86. The Hall–Kier alpha value is -1.78. The van der Waals surface area contributed by atoms with Gasteiger partial charge in [-0.1, -0.05) is 31.9 Å². The summed E-state index contributed by atoms with van der Waals surface area (Å²) in [6.45, 7) is 1.79. The van der Waals surface area contributed by atoms with Gasteiger partial charge in [0.15, 0.2) is 9.84 Å². The van der Waals surface area contributed by atoms with E-state index in [1.54, 1.807) is 12.1 Å². The van der Waals surface area contributed by atoms with E-state index in [4.69, 9.17) is 0 Å². The maximum Gasteiger partial charge on any atom is 0.225 e. The van der Waals surface area contributed by atoms with Gasteiger partial charge in [-0.3, -0.25) is 9.59 Å². The van der Waals surface area contributed by atoms with Gasteiger partial charge in [-0.05, 0) is 42.3 Å². The van der Waals surface area contributed by atoms with Crippen LogP contribution in [0.4, 0.5) is 15.8 Å². The van der Waals surface area contributed by atoms with Gasteiger partial charge in [-0.2, -0.15) is 0 Å². The zero-order valence-corrected chi connectivity index (χ0v) is 19.3. The zero-order chi connectivity index (χ0) is 21.3. The molecular weight excluding hydrogens is 531 g/mol. The summed E-state index contributed by atoms with van der Waals surface area (Å²) in [5.41, 5.74) is 1.11. The van der Waals surface area contributed by atoms with Crippen LogP contribution in [0.3, 0.4) is 0 Å². The molecule has 10 heteroatoms. The second-order valence-corrected chi connectivity index (χ2v) is 10.5. The quantitative estimate of drug-likeness (QED) is 0.612. The molecule has 1 aliphatic rings. The molecule has 0 bridgehead atoms. The van der Waals surface area contributed by atoms with Crippen LogP contribution in [-0.2, 0) is 25.8 Å². The first kappa shape index (κ1) is 21.9. The molecule has 154 valence electrons. The summed E-state index contributed by atoms with van der Waals surface area (Å²) in [4.78, 5) is 25.5. The van der Waals surface area contributed by atoms with Crippen molar-refractivity contribution >= 4 is 64.9 Å². The van der Waals surface area contributed by atoms with Crippen molar-refractivity contribution in [2.45, 2.75) is 24.7 Å². The van der Waals surface area contributed by atoms with Crippen molar-refractivity contribution in [1.82, 2.24) is 0 Å². The Bertz CT molecular complexity index is 1110. The van der Waals surface area contributed by atoms with Crippen LogP contribution in [0.15, 0.2) is 44.2 Å². The second kappa shape index (κ2) is 8.53. The number of amides is 2. The molecule has 1 heterocycles. The van der Waals surface area contributed by atoms with Crippen LogP contribution in [-0.4, -0.2) is 32.5 Å². The number of halogens is 3. The van der Waals surface area contributed by atoms with Crippen molar-refractivity contribution in [3.05, 3.63) is 50.7 Å². The maximum atomic E-state index is 13.9. The molecule has 0 aliphatic carbocycles. The Morgan fingerprint density at radius 1 is 1.17 bits per heavy atom. The van der Waals surface area contributed by atoms with Gasteiger partial charge in [0.25, 0.3) is 0 Å². The number of hydrogen-bond donors (Lipinski definition) is 1. The fourth-order valence-electron chi connectivity index (χ4n) is 3.16. The first-order valence-corrected chi connectivity index (χ1v) is 11.9. The van der Waals surface area contributed by atoms with E-state index < -0.39 is 27.3 Å². The number of carbonyl (C=O) groups is 2. The van der Waals surface area contributed by atoms with E-state index in [2.05, 4.69) is 37.2 Å². The minimum Gasteiger partial charge on any atom is -0.324 e. The Morgan fingerprint density at radius 2 is 1.90 bits per heavy atom. The predicted molar refractivity (Wildman–Crippen MR) is 115 cm³/mol. The van der Waals surface area contributed by atoms with Crippen LogP contribution in [0.25, 0.3) is 0 Å². The number of fused-ring (bicyclic) bond motifs is 1. The van der Waals surface area contributed by atoms with E-state index >= 15 is 0 Å². The van der Waals surface area contributed by atoms with Crippen molar-refractivity contribution in [2.75, 3.05) is 22.5 Å². The molecule has 1 aliphatic heterocycles. The monoisotopic (exact) mass is 546 g/mol. The Kier molecular flexibility index (Phi) is 6.45. The molecule has 2 aromatic carbocycles. The number of nitrogens with one attached hydrogen (secondary N) is 1. The van der Waals surface area contributed by atoms with E-state index in [-0.39, 0.29) is 22.9 Å². The summed E-state index contributed by atoms with van der Waals surface area (Å²) in [5, 5.41) is 2.38. The Balaban J connectivity index is 1.80. The summed E-state index contributed by atoms with van der Waals surface area (Å²) in [5.74, 6) is -1.96. The maximum absolute atomic E-state index is 13.9. The molecule has 6 nitrogen and oxygen atoms in total. The first-order valence-electron chi connectivity index (χ1n) is 8.66. The normalized spacial score (nSPS) is 13.3. The fraction of sp³-hybridized carbons (Fsp3) is 0.263. The van der Waals surface area contributed by atoms with Gasteiger partial charge in [0.2, 0.25) is 11.8 Å². The molecule has 0 aromatic heterocycles. The van der Waals surface area contributed by atoms with Crippen LogP contribution in [0, 0.1) is 5.82 Å². The van der Waals surface area contributed by atoms with Crippen molar-refractivity contribution < 1.29 is 22.4 Å². The summed E-state index contributed by atoms with van der Waals surface area (Å²) < 4.78 is 40.9. The topological polar surface area (TPSA) is 83.6 Å². The summed E-state index contributed by atoms with van der Waals surface area (Å²) in [6, 6.07) is 7.39. The van der Waals surface area contributed by atoms with Gasteiger partial charge < -0.3 is 10.2 Å². The van der Waals surface area contributed by atoms with Crippen LogP contribution in [0.1, 0.15) is 18.9 Å². The van der Waals surface area contributed by atoms with Crippen molar-refractivity contribution in [2.24, 2.45) is 0 Å². The second-order valence-electron chi connectivity index (χ2n) is 6.57. The molecule has 3 rings (SSSR count). The number of benzene rings is 2. The van der Waals surface area contributed by atoms with Crippen LogP contribution in [0.2, 0.25) is 0 Å². The van der Waals surface area contributed by atoms with E-state index in [9.17, 15) is 22.4 Å². The molecule has 0 saturated carbocycles.